The van der Waals surface area contributed by atoms with Crippen molar-refractivity contribution in [3.63, 3.8) is 0 Å². The van der Waals surface area contributed by atoms with E-state index in [2.05, 4.69) is 29.6 Å². The molecule has 1 aliphatic rings. The van der Waals surface area contributed by atoms with Gasteiger partial charge < -0.3 is 9.64 Å². The second kappa shape index (κ2) is 9.12. The van der Waals surface area contributed by atoms with Crippen molar-refractivity contribution in [1.82, 2.24) is 4.90 Å². The maximum absolute atomic E-state index is 12.8. The minimum absolute atomic E-state index is 0.0481. The van der Waals surface area contributed by atoms with Crippen molar-refractivity contribution in [2.45, 2.75) is 45.6 Å². The van der Waals surface area contributed by atoms with Crippen LogP contribution in [0.15, 0.2) is 54.6 Å². The SMILES string of the molecule is CC(C)(C)OC(=O)Nc1ccc(C(=O)N2CCC(Cc3ccccc3)CC2)cc1. The zero-order valence-corrected chi connectivity index (χ0v) is 17.5. The number of hydrogen-bond donors (Lipinski definition) is 1. The summed E-state index contributed by atoms with van der Waals surface area (Å²) in [4.78, 5) is 26.6. The molecule has 1 aliphatic heterocycles. The van der Waals surface area contributed by atoms with Gasteiger partial charge in [0, 0.05) is 24.3 Å². The van der Waals surface area contributed by atoms with Gasteiger partial charge in [-0.1, -0.05) is 30.3 Å². The van der Waals surface area contributed by atoms with E-state index < -0.39 is 11.7 Å². The standard InChI is InChI=1S/C24H30N2O3/c1-24(2,3)29-23(28)25-21-11-9-20(10-12-21)22(27)26-15-13-19(14-16-26)17-18-7-5-4-6-8-18/h4-12,19H,13-17H2,1-3H3,(H,25,28). The first-order chi connectivity index (χ1) is 13.8. The lowest BCUT2D eigenvalue weighted by atomic mass is 9.90. The van der Waals surface area contributed by atoms with Crippen LogP contribution in [-0.2, 0) is 11.2 Å². The molecule has 0 saturated carbocycles. The van der Waals surface area contributed by atoms with E-state index in [1.165, 1.54) is 5.56 Å². The van der Waals surface area contributed by atoms with Gasteiger partial charge >= 0.3 is 6.09 Å². The number of ether oxygens (including phenoxy) is 1. The van der Waals surface area contributed by atoms with Crippen LogP contribution in [0.3, 0.4) is 0 Å². The van der Waals surface area contributed by atoms with Crippen LogP contribution >= 0.6 is 0 Å². The number of rotatable bonds is 4. The molecule has 0 bridgehead atoms. The molecule has 1 saturated heterocycles. The van der Waals surface area contributed by atoms with Gasteiger partial charge in [-0.2, -0.15) is 0 Å². The van der Waals surface area contributed by atoms with Gasteiger partial charge in [0.05, 0.1) is 0 Å². The fourth-order valence-corrected chi connectivity index (χ4v) is 3.59. The fourth-order valence-electron chi connectivity index (χ4n) is 3.59. The van der Waals surface area contributed by atoms with Crippen LogP contribution < -0.4 is 5.32 Å². The second-order valence-corrected chi connectivity index (χ2v) is 8.63. The van der Waals surface area contributed by atoms with E-state index in [0.29, 0.717) is 17.2 Å². The average Bonchev–Trinajstić information content (AvgIpc) is 2.68. The number of carbonyl (C=O) groups is 2. The number of piperidine rings is 1. The topological polar surface area (TPSA) is 58.6 Å². The number of anilines is 1. The van der Waals surface area contributed by atoms with Crippen molar-refractivity contribution < 1.29 is 14.3 Å². The second-order valence-electron chi connectivity index (χ2n) is 8.63. The van der Waals surface area contributed by atoms with E-state index >= 15 is 0 Å². The van der Waals surface area contributed by atoms with Crippen LogP contribution in [0, 0.1) is 5.92 Å². The maximum atomic E-state index is 12.8. The Morgan fingerprint density at radius 3 is 2.21 bits per heavy atom. The molecule has 1 heterocycles. The number of nitrogens with zero attached hydrogens (tertiary/aromatic N) is 1. The summed E-state index contributed by atoms with van der Waals surface area (Å²) in [6.45, 7) is 7.02. The van der Waals surface area contributed by atoms with Crippen molar-refractivity contribution in [3.8, 4) is 0 Å². The Bertz CT molecular complexity index is 817. The van der Waals surface area contributed by atoms with E-state index in [9.17, 15) is 9.59 Å². The van der Waals surface area contributed by atoms with E-state index in [1.54, 1.807) is 24.3 Å². The zero-order chi connectivity index (χ0) is 20.9. The summed E-state index contributed by atoms with van der Waals surface area (Å²) in [5.74, 6) is 0.675. The highest BCUT2D eigenvalue weighted by Crippen LogP contribution is 2.23. The van der Waals surface area contributed by atoms with Gasteiger partial charge in [-0.3, -0.25) is 10.1 Å². The van der Waals surface area contributed by atoms with E-state index in [1.807, 2.05) is 31.7 Å². The monoisotopic (exact) mass is 394 g/mol. The molecule has 0 radical (unpaired) electrons. The summed E-state index contributed by atoms with van der Waals surface area (Å²) in [6, 6.07) is 17.5. The van der Waals surface area contributed by atoms with Crippen molar-refractivity contribution in [2.24, 2.45) is 5.92 Å². The largest absolute Gasteiger partial charge is 0.444 e. The Balaban J connectivity index is 1.50. The van der Waals surface area contributed by atoms with E-state index in [-0.39, 0.29) is 5.91 Å². The molecule has 1 N–H and O–H groups in total. The lowest BCUT2D eigenvalue weighted by Gasteiger charge is -2.32. The molecule has 2 aromatic carbocycles. The van der Waals surface area contributed by atoms with E-state index in [0.717, 1.165) is 32.4 Å². The molecule has 2 amide bonds. The fraction of sp³-hybridized carbons (Fsp3) is 0.417. The molecule has 0 spiro atoms. The maximum Gasteiger partial charge on any atom is 0.412 e. The smallest absolute Gasteiger partial charge is 0.412 e. The predicted molar refractivity (Wildman–Crippen MR) is 115 cm³/mol. The third-order valence-corrected chi connectivity index (χ3v) is 5.05. The van der Waals surface area contributed by atoms with Crippen LogP contribution in [0.25, 0.3) is 0 Å². The summed E-state index contributed by atoms with van der Waals surface area (Å²) in [5.41, 5.74) is 2.07. The zero-order valence-electron chi connectivity index (χ0n) is 17.5. The molecule has 0 aliphatic carbocycles. The first-order valence-corrected chi connectivity index (χ1v) is 10.2. The highest BCUT2D eigenvalue weighted by Gasteiger charge is 2.24. The highest BCUT2D eigenvalue weighted by molar-refractivity contribution is 5.95. The average molecular weight is 395 g/mol. The van der Waals surface area contributed by atoms with Crippen molar-refractivity contribution in [1.29, 1.82) is 0 Å². The van der Waals surface area contributed by atoms with Crippen molar-refractivity contribution in [3.05, 3.63) is 65.7 Å². The Morgan fingerprint density at radius 1 is 1.00 bits per heavy atom. The van der Waals surface area contributed by atoms with E-state index in [4.69, 9.17) is 4.74 Å². The van der Waals surface area contributed by atoms with Gasteiger partial charge in [-0.25, -0.2) is 4.79 Å². The molecule has 5 heteroatoms. The minimum Gasteiger partial charge on any atom is -0.444 e. The molecule has 1 fully saturated rings. The quantitative estimate of drug-likeness (QED) is 0.782. The molecule has 0 aromatic heterocycles. The third-order valence-electron chi connectivity index (χ3n) is 5.05. The molecule has 0 atom stereocenters. The Hall–Kier alpha value is -2.82. The number of carbonyl (C=O) groups excluding carboxylic acids is 2. The highest BCUT2D eigenvalue weighted by atomic mass is 16.6. The first-order valence-electron chi connectivity index (χ1n) is 10.2. The number of nitrogens with one attached hydrogen (secondary N) is 1. The number of benzene rings is 2. The molecule has 5 nitrogen and oxygen atoms in total. The predicted octanol–water partition coefficient (Wildman–Crippen LogP) is 5.13. The summed E-state index contributed by atoms with van der Waals surface area (Å²) >= 11 is 0. The summed E-state index contributed by atoms with van der Waals surface area (Å²) in [6.07, 6.45) is 2.63. The van der Waals surface area contributed by atoms with Gasteiger partial charge in [0.1, 0.15) is 5.60 Å². The van der Waals surface area contributed by atoms with Crippen LogP contribution in [0.2, 0.25) is 0 Å². The minimum atomic E-state index is -0.549. The van der Waals surface area contributed by atoms with Crippen molar-refractivity contribution in [2.75, 3.05) is 18.4 Å². The van der Waals surface area contributed by atoms with Crippen molar-refractivity contribution >= 4 is 17.7 Å². The lowest BCUT2D eigenvalue weighted by molar-refractivity contribution is 0.0635. The number of likely N-dealkylation sites (tertiary alicyclic amines) is 1. The van der Waals surface area contributed by atoms with Gasteiger partial charge in [-0.05, 0) is 75.8 Å². The van der Waals surface area contributed by atoms with Gasteiger partial charge in [0.2, 0.25) is 0 Å². The summed E-state index contributed by atoms with van der Waals surface area (Å²) < 4.78 is 5.24. The number of hydrogen-bond acceptors (Lipinski definition) is 3. The molecule has 29 heavy (non-hydrogen) atoms. The Morgan fingerprint density at radius 2 is 1.62 bits per heavy atom. The third kappa shape index (κ3) is 6.34. The Kier molecular flexibility index (Phi) is 6.57. The Labute approximate surface area is 173 Å². The molecule has 3 rings (SSSR count). The molecular weight excluding hydrogens is 364 g/mol. The van der Waals surface area contributed by atoms with Crippen LogP contribution in [0.1, 0.15) is 49.5 Å². The normalized spacial score (nSPS) is 15.1. The van der Waals surface area contributed by atoms with Crippen LogP contribution in [0.5, 0.6) is 0 Å². The number of amides is 2. The summed E-state index contributed by atoms with van der Waals surface area (Å²) in [7, 11) is 0. The molecule has 0 unspecified atom stereocenters. The van der Waals surface area contributed by atoms with Gasteiger partial charge in [-0.15, -0.1) is 0 Å². The lowest BCUT2D eigenvalue weighted by Crippen LogP contribution is -2.38. The summed E-state index contributed by atoms with van der Waals surface area (Å²) in [5, 5.41) is 2.69. The van der Waals surface area contributed by atoms with Crippen LogP contribution in [-0.4, -0.2) is 35.6 Å². The molecule has 2 aromatic rings. The first kappa shape index (κ1) is 20.9. The van der Waals surface area contributed by atoms with Gasteiger partial charge in [0.15, 0.2) is 0 Å². The van der Waals surface area contributed by atoms with Gasteiger partial charge in [0.25, 0.3) is 5.91 Å². The van der Waals surface area contributed by atoms with Crippen LogP contribution in [0.4, 0.5) is 10.5 Å². The molecule has 154 valence electrons. The molecular formula is C24H30N2O3.